The van der Waals surface area contributed by atoms with Crippen LogP contribution in [0.4, 0.5) is 4.39 Å². The average molecular weight is 338 g/mol. The van der Waals surface area contributed by atoms with Gasteiger partial charge in [-0.1, -0.05) is 29.8 Å². The Balaban J connectivity index is 2.14. The molecule has 1 atom stereocenters. The van der Waals surface area contributed by atoms with E-state index in [2.05, 4.69) is 0 Å². The number of halogens is 2. The van der Waals surface area contributed by atoms with Gasteiger partial charge in [-0.25, -0.2) is 4.39 Å². The Morgan fingerprint density at radius 1 is 1.35 bits per heavy atom. The number of methoxy groups -OCH3 is 1. The molecule has 4 nitrogen and oxygen atoms in total. The minimum atomic E-state index is -0.926. The molecule has 0 bridgehead atoms. The summed E-state index contributed by atoms with van der Waals surface area (Å²) in [5, 5.41) is 10.3. The van der Waals surface area contributed by atoms with Gasteiger partial charge in [-0.2, -0.15) is 0 Å². The number of nitrogens with zero attached hydrogens (tertiary/aromatic N) is 1. The molecule has 6 heteroatoms. The van der Waals surface area contributed by atoms with Crippen molar-refractivity contribution >= 4 is 17.5 Å². The zero-order valence-corrected chi connectivity index (χ0v) is 13.5. The molecular weight excluding hydrogens is 321 g/mol. The maximum atomic E-state index is 13.8. The Morgan fingerprint density at radius 3 is 2.70 bits per heavy atom. The molecule has 2 rings (SSSR count). The fraction of sp³-hybridized carbons (Fsp3) is 0.235. The van der Waals surface area contributed by atoms with Crippen molar-refractivity contribution in [2.24, 2.45) is 0 Å². The predicted molar refractivity (Wildman–Crippen MR) is 86.3 cm³/mol. The summed E-state index contributed by atoms with van der Waals surface area (Å²) in [5.74, 6) is -0.673. The van der Waals surface area contributed by atoms with Gasteiger partial charge in [-0.3, -0.25) is 4.79 Å². The van der Waals surface area contributed by atoms with E-state index in [1.165, 1.54) is 37.3 Å². The van der Waals surface area contributed by atoms with Crippen LogP contribution in [-0.4, -0.2) is 36.6 Å². The predicted octanol–water partition coefficient (Wildman–Crippen LogP) is 3.29. The van der Waals surface area contributed by atoms with Gasteiger partial charge >= 0.3 is 0 Å². The number of ether oxygens (including phenoxy) is 1. The molecule has 2 aromatic rings. The number of carbonyl (C=O) groups excluding carboxylic acids is 1. The third kappa shape index (κ3) is 4.00. The molecule has 0 radical (unpaired) electrons. The molecule has 0 saturated carbocycles. The average Bonchev–Trinajstić information content (AvgIpc) is 2.54. The fourth-order valence-corrected chi connectivity index (χ4v) is 2.43. The first kappa shape index (κ1) is 17.2. The van der Waals surface area contributed by atoms with E-state index in [1.54, 1.807) is 24.3 Å². The number of likely N-dealkylation sites (N-methyl/N-ethyl adjacent to an activating group) is 1. The van der Waals surface area contributed by atoms with Gasteiger partial charge in [0.25, 0.3) is 5.91 Å². The maximum absolute atomic E-state index is 13.8. The molecule has 0 aromatic heterocycles. The second kappa shape index (κ2) is 7.44. The summed E-state index contributed by atoms with van der Waals surface area (Å²) >= 11 is 5.90. The third-order valence-electron chi connectivity index (χ3n) is 3.45. The Bertz CT molecular complexity index is 688. The summed E-state index contributed by atoms with van der Waals surface area (Å²) in [6.07, 6.45) is -0.926. The third-order valence-corrected chi connectivity index (χ3v) is 3.76. The van der Waals surface area contributed by atoms with Crippen LogP contribution in [0.2, 0.25) is 5.02 Å². The SMILES string of the molecule is COc1cccc(C(O)CN(C)C(=O)c2c(F)cccc2Cl)c1. The van der Waals surface area contributed by atoms with E-state index >= 15 is 0 Å². The lowest BCUT2D eigenvalue weighted by molar-refractivity contribution is 0.0676. The zero-order valence-electron chi connectivity index (χ0n) is 12.8. The zero-order chi connectivity index (χ0) is 17.0. The summed E-state index contributed by atoms with van der Waals surface area (Å²) in [6.45, 7) is -0.00331. The Labute approximate surface area is 139 Å². The highest BCUT2D eigenvalue weighted by Gasteiger charge is 2.22. The van der Waals surface area contributed by atoms with E-state index in [-0.39, 0.29) is 17.1 Å². The summed E-state index contributed by atoms with van der Waals surface area (Å²) in [4.78, 5) is 13.6. The first-order chi connectivity index (χ1) is 10.9. The molecule has 0 aliphatic carbocycles. The van der Waals surface area contributed by atoms with Gasteiger partial charge in [0.15, 0.2) is 0 Å². The van der Waals surface area contributed by atoms with Crippen LogP contribution in [0.3, 0.4) is 0 Å². The molecule has 0 aliphatic rings. The number of aliphatic hydroxyl groups excluding tert-OH is 1. The summed E-state index contributed by atoms with van der Waals surface area (Å²) < 4.78 is 18.9. The van der Waals surface area contributed by atoms with Crippen molar-refractivity contribution in [2.45, 2.75) is 6.10 Å². The molecule has 122 valence electrons. The van der Waals surface area contributed by atoms with Gasteiger partial charge < -0.3 is 14.7 Å². The normalized spacial score (nSPS) is 11.9. The number of hydrogen-bond donors (Lipinski definition) is 1. The van der Waals surface area contributed by atoms with Gasteiger partial charge in [-0.15, -0.1) is 0 Å². The van der Waals surface area contributed by atoms with E-state index in [0.29, 0.717) is 11.3 Å². The Hall–Kier alpha value is -2.11. The lowest BCUT2D eigenvalue weighted by Gasteiger charge is -2.22. The highest BCUT2D eigenvalue weighted by Crippen LogP contribution is 2.23. The largest absolute Gasteiger partial charge is 0.497 e. The van der Waals surface area contributed by atoms with Crippen LogP contribution in [0.5, 0.6) is 5.75 Å². The molecule has 1 unspecified atom stereocenters. The summed E-state index contributed by atoms with van der Waals surface area (Å²) in [6, 6.07) is 11.0. The second-order valence-corrected chi connectivity index (χ2v) is 5.48. The molecule has 0 saturated heterocycles. The molecule has 2 aromatic carbocycles. The van der Waals surface area contributed by atoms with Crippen molar-refractivity contribution in [3.05, 3.63) is 64.4 Å². The summed E-state index contributed by atoms with van der Waals surface area (Å²) in [5.41, 5.74) is 0.401. The van der Waals surface area contributed by atoms with Crippen LogP contribution in [0, 0.1) is 5.82 Å². The van der Waals surface area contributed by atoms with Crippen molar-refractivity contribution in [1.29, 1.82) is 0 Å². The molecule has 1 N–H and O–H groups in total. The van der Waals surface area contributed by atoms with Crippen LogP contribution in [0.1, 0.15) is 22.0 Å². The first-order valence-electron chi connectivity index (χ1n) is 6.95. The van der Waals surface area contributed by atoms with Crippen LogP contribution in [0.15, 0.2) is 42.5 Å². The Morgan fingerprint density at radius 2 is 2.04 bits per heavy atom. The molecule has 1 amide bonds. The highest BCUT2D eigenvalue weighted by atomic mass is 35.5. The van der Waals surface area contributed by atoms with Crippen molar-refractivity contribution in [1.82, 2.24) is 4.90 Å². The van der Waals surface area contributed by atoms with E-state index in [1.807, 2.05) is 0 Å². The van der Waals surface area contributed by atoms with Gasteiger partial charge in [0.1, 0.15) is 11.6 Å². The number of rotatable bonds is 5. The van der Waals surface area contributed by atoms with Crippen LogP contribution < -0.4 is 4.74 Å². The van der Waals surface area contributed by atoms with Crippen molar-refractivity contribution in [3.63, 3.8) is 0 Å². The monoisotopic (exact) mass is 337 g/mol. The molecule has 0 fully saturated rings. The van der Waals surface area contributed by atoms with Gasteiger partial charge in [0.2, 0.25) is 0 Å². The van der Waals surface area contributed by atoms with Crippen LogP contribution >= 0.6 is 11.6 Å². The first-order valence-corrected chi connectivity index (χ1v) is 7.33. The number of amides is 1. The Kier molecular flexibility index (Phi) is 5.58. The van der Waals surface area contributed by atoms with Crippen molar-refractivity contribution < 1.29 is 19.0 Å². The topological polar surface area (TPSA) is 49.8 Å². The highest BCUT2D eigenvalue weighted by molar-refractivity contribution is 6.33. The number of benzene rings is 2. The van der Waals surface area contributed by atoms with E-state index in [9.17, 15) is 14.3 Å². The minimum Gasteiger partial charge on any atom is -0.497 e. The molecule has 23 heavy (non-hydrogen) atoms. The number of hydrogen-bond acceptors (Lipinski definition) is 3. The van der Waals surface area contributed by atoms with Crippen LogP contribution in [-0.2, 0) is 0 Å². The maximum Gasteiger partial charge on any atom is 0.258 e. The lowest BCUT2D eigenvalue weighted by atomic mass is 10.1. The number of carbonyl (C=O) groups is 1. The summed E-state index contributed by atoms with van der Waals surface area (Å²) in [7, 11) is 3.01. The van der Waals surface area contributed by atoms with Gasteiger partial charge in [0.05, 0.1) is 30.3 Å². The molecule has 0 spiro atoms. The molecular formula is C17H17ClFNO3. The van der Waals surface area contributed by atoms with E-state index in [4.69, 9.17) is 16.3 Å². The fourth-order valence-electron chi connectivity index (χ4n) is 2.19. The minimum absolute atomic E-state index is 0.00331. The molecule has 0 aliphatic heterocycles. The van der Waals surface area contributed by atoms with Gasteiger partial charge in [-0.05, 0) is 29.8 Å². The lowest BCUT2D eigenvalue weighted by Crippen LogP contribution is -2.32. The van der Waals surface area contributed by atoms with Crippen LogP contribution in [0.25, 0.3) is 0 Å². The second-order valence-electron chi connectivity index (χ2n) is 5.07. The van der Waals surface area contributed by atoms with E-state index in [0.717, 1.165) is 0 Å². The van der Waals surface area contributed by atoms with Crippen molar-refractivity contribution in [3.8, 4) is 5.75 Å². The van der Waals surface area contributed by atoms with E-state index < -0.39 is 17.8 Å². The standard InChI is InChI=1S/C17H17ClFNO3/c1-20(17(22)16-13(18)7-4-8-14(16)19)10-15(21)11-5-3-6-12(9-11)23-2/h3-9,15,21H,10H2,1-2H3. The van der Waals surface area contributed by atoms with Gasteiger partial charge in [0, 0.05) is 7.05 Å². The quantitative estimate of drug-likeness (QED) is 0.910. The smallest absolute Gasteiger partial charge is 0.258 e. The molecule has 0 heterocycles. The number of aliphatic hydroxyl groups is 1. The van der Waals surface area contributed by atoms with Crippen molar-refractivity contribution in [2.75, 3.05) is 20.7 Å².